The fraction of sp³-hybridized carbons (Fsp3) is 0.188. The maximum absolute atomic E-state index is 11.9. The van der Waals surface area contributed by atoms with E-state index in [0.717, 1.165) is 5.56 Å². The quantitative estimate of drug-likeness (QED) is 0.893. The first-order chi connectivity index (χ1) is 10.0. The number of nitrogens with one attached hydrogen (secondary N) is 1. The third kappa shape index (κ3) is 4.96. The summed E-state index contributed by atoms with van der Waals surface area (Å²) < 4.78 is 5.39. The van der Waals surface area contributed by atoms with Gasteiger partial charge in [-0.3, -0.25) is 4.79 Å². The highest BCUT2D eigenvalue weighted by Gasteiger charge is 2.10. The van der Waals surface area contributed by atoms with Crippen LogP contribution in [-0.4, -0.2) is 12.5 Å². The van der Waals surface area contributed by atoms with E-state index in [4.69, 9.17) is 27.9 Å². The summed E-state index contributed by atoms with van der Waals surface area (Å²) in [5.74, 6) is 0.370. The molecule has 0 bridgehead atoms. The van der Waals surface area contributed by atoms with Crippen LogP contribution in [0.2, 0.25) is 10.0 Å². The van der Waals surface area contributed by atoms with Crippen molar-refractivity contribution < 1.29 is 9.53 Å². The van der Waals surface area contributed by atoms with Gasteiger partial charge in [0.2, 0.25) is 0 Å². The summed E-state index contributed by atoms with van der Waals surface area (Å²) in [6.45, 7) is 1.85. The minimum absolute atomic E-state index is 0.0573. The zero-order valence-corrected chi connectivity index (χ0v) is 13.0. The van der Waals surface area contributed by atoms with Gasteiger partial charge in [0.05, 0.1) is 6.04 Å². The Kier molecular flexibility index (Phi) is 5.48. The largest absolute Gasteiger partial charge is 0.484 e. The van der Waals surface area contributed by atoms with Gasteiger partial charge in [-0.2, -0.15) is 0 Å². The Morgan fingerprint density at radius 3 is 2.52 bits per heavy atom. The lowest BCUT2D eigenvalue weighted by Gasteiger charge is -2.15. The Morgan fingerprint density at radius 1 is 1.14 bits per heavy atom. The van der Waals surface area contributed by atoms with E-state index in [1.807, 2.05) is 19.1 Å². The van der Waals surface area contributed by atoms with E-state index >= 15 is 0 Å². The van der Waals surface area contributed by atoms with Crippen LogP contribution in [0.1, 0.15) is 18.5 Å². The molecule has 0 radical (unpaired) electrons. The van der Waals surface area contributed by atoms with Crippen molar-refractivity contribution in [1.29, 1.82) is 0 Å². The van der Waals surface area contributed by atoms with Crippen LogP contribution in [0.4, 0.5) is 0 Å². The van der Waals surface area contributed by atoms with Crippen molar-refractivity contribution in [3.63, 3.8) is 0 Å². The smallest absolute Gasteiger partial charge is 0.258 e. The molecular formula is C16H15Cl2NO2. The number of ether oxygens (including phenoxy) is 1. The number of halogens is 2. The summed E-state index contributed by atoms with van der Waals surface area (Å²) in [6.07, 6.45) is 0. The second-order valence-corrected chi connectivity index (χ2v) is 5.46. The average Bonchev–Trinajstić information content (AvgIpc) is 2.46. The molecule has 0 saturated heterocycles. The Balaban J connectivity index is 1.85. The first-order valence-corrected chi connectivity index (χ1v) is 7.23. The molecule has 1 atom stereocenters. The Bertz CT molecular complexity index is 614. The highest BCUT2D eigenvalue weighted by Crippen LogP contribution is 2.18. The predicted molar refractivity (Wildman–Crippen MR) is 85.0 cm³/mol. The molecule has 2 rings (SSSR count). The molecular weight excluding hydrogens is 309 g/mol. The number of hydrogen-bond donors (Lipinski definition) is 1. The third-order valence-electron chi connectivity index (χ3n) is 2.91. The summed E-state index contributed by atoms with van der Waals surface area (Å²) in [5.41, 5.74) is 0.982. The monoisotopic (exact) mass is 323 g/mol. The van der Waals surface area contributed by atoms with Crippen LogP contribution in [0.3, 0.4) is 0 Å². The van der Waals surface area contributed by atoms with Crippen LogP contribution in [-0.2, 0) is 4.79 Å². The Morgan fingerprint density at radius 2 is 1.86 bits per heavy atom. The van der Waals surface area contributed by atoms with Crippen LogP contribution in [0.5, 0.6) is 5.75 Å². The second-order valence-electron chi connectivity index (χ2n) is 4.59. The minimum atomic E-state index is -0.197. The number of rotatable bonds is 5. The van der Waals surface area contributed by atoms with E-state index in [9.17, 15) is 4.79 Å². The van der Waals surface area contributed by atoms with Crippen LogP contribution in [0.25, 0.3) is 0 Å². The number of carbonyl (C=O) groups excluding carboxylic acids is 1. The lowest BCUT2D eigenvalue weighted by molar-refractivity contribution is -0.123. The molecule has 0 aliphatic rings. The zero-order chi connectivity index (χ0) is 15.2. The van der Waals surface area contributed by atoms with Crippen LogP contribution in [0, 0.1) is 0 Å². The van der Waals surface area contributed by atoms with Crippen molar-refractivity contribution in [2.24, 2.45) is 0 Å². The fourth-order valence-electron chi connectivity index (χ4n) is 1.82. The Hall–Kier alpha value is -1.71. The summed E-state index contributed by atoms with van der Waals surface area (Å²) in [4.78, 5) is 11.9. The van der Waals surface area contributed by atoms with Gasteiger partial charge in [-0.15, -0.1) is 0 Å². The standard InChI is InChI=1S/C16H15Cl2NO2/c1-11(12-5-7-13(17)8-6-12)19-16(20)10-21-15-4-2-3-14(18)9-15/h2-9,11H,10H2,1H3,(H,19,20). The van der Waals surface area contributed by atoms with Gasteiger partial charge in [0.15, 0.2) is 6.61 Å². The van der Waals surface area contributed by atoms with Gasteiger partial charge in [-0.1, -0.05) is 41.4 Å². The third-order valence-corrected chi connectivity index (χ3v) is 3.40. The van der Waals surface area contributed by atoms with Crippen molar-refractivity contribution >= 4 is 29.1 Å². The van der Waals surface area contributed by atoms with E-state index in [1.165, 1.54) is 0 Å². The van der Waals surface area contributed by atoms with Gasteiger partial charge in [-0.25, -0.2) is 0 Å². The topological polar surface area (TPSA) is 38.3 Å². The van der Waals surface area contributed by atoms with Crippen molar-refractivity contribution in [2.75, 3.05) is 6.61 Å². The van der Waals surface area contributed by atoms with Gasteiger partial charge >= 0.3 is 0 Å². The van der Waals surface area contributed by atoms with Crippen molar-refractivity contribution in [2.45, 2.75) is 13.0 Å². The van der Waals surface area contributed by atoms with E-state index in [2.05, 4.69) is 5.32 Å². The molecule has 1 unspecified atom stereocenters. The van der Waals surface area contributed by atoms with E-state index in [0.29, 0.717) is 15.8 Å². The summed E-state index contributed by atoms with van der Waals surface area (Å²) in [6, 6.07) is 14.2. The van der Waals surface area contributed by atoms with E-state index in [-0.39, 0.29) is 18.6 Å². The zero-order valence-electron chi connectivity index (χ0n) is 11.5. The van der Waals surface area contributed by atoms with Gasteiger partial charge in [0.1, 0.15) is 5.75 Å². The first-order valence-electron chi connectivity index (χ1n) is 6.48. The minimum Gasteiger partial charge on any atom is -0.484 e. The summed E-state index contributed by atoms with van der Waals surface area (Å²) >= 11 is 11.7. The van der Waals surface area contributed by atoms with Crippen LogP contribution >= 0.6 is 23.2 Å². The van der Waals surface area contributed by atoms with E-state index in [1.54, 1.807) is 36.4 Å². The summed E-state index contributed by atoms with van der Waals surface area (Å²) in [5, 5.41) is 4.10. The molecule has 5 heteroatoms. The van der Waals surface area contributed by atoms with Crippen LogP contribution in [0.15, 0.2) is 48.5 Å². The van der Waals surface area contributed by atoms with E-state index < -0.39 is 0 Å². The molecule has 2 aromatic carbocycles. The molecule has 0 spiro atoms. The predicted octanol–water partition coefficient (Wildman–Crippen LogP) is 4.25. The average molecular weight is 324 g/mol. The molecule has 0 saturated carbocycles. The van der Waals surface area contributed by atoms with Crippen molar-refractivity contribution in [3.8, 4) is 5.75 Å². The number of amides is 1. The molecule has 110 valence electrons. The first kappa shape index (κ1) is 15.7. The van der Waals surface area contributed by atoms with Crippen molar-refractivity contribution in [1.82, 2.24) is 5.32 Å². The van der Waals surface area contributed by atoms with Gasteiger partial charge in [0.25, 0.3) is 5.91 Å². The number of carbonyl (C=O) groups is 1. The molecule has 1 N–H and O–H groups in total. The summed E-state index contributed by atoms with van der Waals surface area (Å²) in [7, 11) is 0. The van der Waals surface area contributed by atoms with Crippen LogP contribution < -0.4 is 10.1 Å². The molecule has 3 nitrogen and oxygen atoms in total. The maximum Gasteiger partial charge on any atom is 0.258 e. The lowest BCUT2D eigenvalue weighted by atomic mass is 10.1. The highest BCUT2D eigenvalue weighted by molar-refractivity contribution is 6.30. The molecule has 0 fully saturated rings. The molecule has 0 aromatic heterocycles. The van der Waals surface area contributed by atoms with Crippen molar-refractivity contribution in [3.05, 3.63) is 64.1 Å². The molecule has 0 aliphatic carbocycles. The normalized spacial score (nSPS) is 11.8. The molecule has 0 aliphatic heterocycles. The van der Waals surface area contributed by atoms with Gasteiger partial charge < -0.3 is 10.1 Å². The van der Waals surface area contributed by atoms with Gasteiger partial charge in [0, 0.05) is 10.0 Å². The molecule has 0 heterocycles. The number of benzene rings is 2. The fourth-order valence-corrected chi connectivity index (χ4v) is 2.13. The SMILES string of the molecule is CC(NC(=O)COc1cccc(Cl)c1)c1ccc(Cl)cc1. The maximum atomic E-state index is 11.9. The second kappa shape index (κ2) is 7.34. The van der Waals surface area contributed by atoms with Gasteiger partial charge in [-0.05, 0) is 42.8 Å². The molecule has 21 heavy (non-hydrogen) atoms. The molecule has 2 aromatic rings. The number of hydrogen-bond acceptors (Lipinski definition) is 2. The lowest BCUT2D eigenvalue weighted by Crippen LogP contribution is -2.31. The Labute approximate surface area is 133 Å². The highest BCUT2D eigenvalue weighted by atomic mass is 35.5. The molecule has 1 amide bonds.